The molecule has 1 heterocycles. The molecule has 0 unspecified atom stereocenters. The van der Waals surface area contributed by atoms with E-state index >= 15 is 0 Å². The van der Waals surface area contributed by atoms with E-state index in [1.807, 2.05) is 6.07 Å². The first-order valence-electron chi connectivity index (χ1n) is 5.12. The second kappa shape index (κ2) is 3.86. The van der Waals surface area contributed by atoms with E-state index < -0.39 is 0 Å². The Kier molecular flexibility index (Phi) is 2.57. The maximum Gasteiger partial charge on any atom is 0.141 e. The van der Waals surface area contributed by atoms with Gasteiger partial charge in [-0.15, -0.1) is 0 Å². The quantitative estimate of drug-likeness (QED) is 0.723. The smallest absolute Gasteiger partial charge is 0.141 e. The summed E-state index contributed by atoms with van der Waals surface area (Å²) in [5.41, 5.74) is 1.88. The number of carbonyl (C=O) groups excluding carboxylic acids is 1. The van der Waals surface area contributed by atoms with Crippen LogP contribution in [-0.4, -0.2) is 15.8 Å². The van der Waals surface area contributed by atoms with Crippen LogP contribution in [0.25, 0.3) is 0 Å². The molecule has 1 aromatic rings. The number of carbonyl (C=O) groups is 1. The summed E-state index contributed by atoms with van der Waals surface area (Å²) in [6.07, 6.45) is 5.08. The second-order valence-corrected chi connectivity index (χ2v) is 3.77. The van der Waals surface area contributed by atoms with Gasteiger partial charge in [0.2, 0.25) is 0 Å². The molecule has 1 saturated carbocycles. The Morgan fingerprint density at radius 3 is 2.79 bits per heavy atom. The highest BCUT2D eigenvalue weighted by Crippen LogP contribution is 2.30. The molecule has 0 atom stereocenters. The Balaban J connectivity index is 2.04. The van der Waals surface area contributed by atoms with Crippen LogP contribution >= 0.6 is 0 Å². The minimum atomic E-state index is 0.329. The summed E-state index contributed by atoms with van der Waals surface area (Å²) in [6, 6.07) is 1.93. The average molecular weight is 190 g/mol. The monoisotopic (exact) mass is 190 g/mol. The highest BCUT2D eigenvalue weighted by molar-refractivity contribution is 5.84. The van der Waals surface area contributed by atoms with Crippen LogP contribution < -0.4 is 0 Å². The fraction of sp³-hybridized carbons (Fsp3) is 0.545. The highest BCUT2D eigenvalue weighted by atomic mass is 16.1. The Hall–Kier alpha value is -1.25. The number of rotatable bonds is 4. The second-order valence-electron chi connectivity index (χ2n) is 3.77. The Morgan fingerprint density at radius 2 is 2.14 bits per heavy atom. The average Bonchev–Trinajstić information content (AvgIpc) is 3.01. The van der Waals surface area contributed by atoms with Crippen LogP contribution in [0.15, 0.2) is 12.4 Å². The maximum atomic E-state index is 11.5. The van der Waals surface area contributed by atoms with E-state index in [1.54, 1.807) is 6.33 Å². The third kappa shape index (κ3) is 2.16. The summed E-state index contributed by atoms with van der Waals surface area (Å²) in [5, 5.41) is 0. The van der Waals surface area contributed by atoms with Gasteiger partial charge in [-0.2, -0.15) is 0 Å². The van der Waals surface area contributed by atoms with Crippen LogP contribution in [0.4, 0.5) is 0 Å². The van der Waals surface area contributed by atoms with Crippen LogP contribution in [0.3, 0.4) is 0 Å². The van der Waals surface area contributed by atoms with Gasteiger partial charge >= 0.3 is 0 Å². The van der Waals surface area contributed by atoms with E-state index in [2.05, 4.69) is 16.9 Å². The molecule has 0 amide bonds. The molecule has 0 aliphatic heterocycles. The number of hydrogen-bond acceptors (Lipinski definition) is 3. The summed E-state index contributed by atoms with van der Waals surface area (Å²) >= 11 is 0. The highest BCUT2D eigenvalue weighted by Gasteiger charge is 2.29. The van der Waals surface area contributed by atoms with Crippen LogP contribution in [0, 0.1) is 5.92 Å². The molecule has 1 aromatic heterocycles. The molecule has 3 nitrogen and oxygen atoms in total. The lowest BCUT2D eigenvalue weighted by Gasteiger charge is -2.00. The van der Waals surface area contributed by atoms with E-state index in [0.717, 1.165) is 30.7 Å². The molecule has 0 radical (unpaired) electrons. The minimum Gasteiger partial charge on any atom is -0.299 e. The van der Waals surface area contributed by atoms with Crippen LogP contribution in [0.2, 0.25) is 0 Å². The van der Waals surface area contributed by atoms with Gasteiger partial charge in [-0.25, -0.2) is 9.97 Å². The number of ketones is 1. The minimum absolute atomic E-state index is 0.329. The first-order chi connectivity index (χ1) is 6.79. The third-order valence-corrected chi connectivity index (χ3v) is 2.53. The molecule has 0 saturated heterocycles. The zero-order valence-electron chi connectivity index (χ0n) is 8.36. The van der Waals surface area contributed by atoms with Crippen molar-refractivity contribution >= 4 is 5.78 Å². The topological polar surface area (TPSA) is 42.9 Å². The van der Waals surface area contributed by atoms with Crippen molar-refractivity contribution in [3.05, 3.63) is 23.8 Å². The van der Waals surface area contributed by atoms with Crippen molar-refractivity contribution in [3.63, 3.8) is 0 Å². The van der Waals surface area contributed by atoms with Crippen LogP contribution in [0.1, 0.15) is 31.2 Å². The van der Waals surface area contributed by atoms with Gasteiger partial charge < -0.3 is 0 Å². The number of hydrogen-bond donors (Lipinski definition) is 0. The predicted octanol–water partition coefficient (Wildman–Crippen LogP) is 1.56. The lowest BCUT2D eigenvalue weighted by atomic mass is 10.1. The largest absolute Gasteiger partial charge is 0.299 e. The van der Waals surface area contributed by atoms with Gasteiger partial charge in [-0.05, 0) is 25.3 Å². The predicted molar refractivity (Wildman–Crippen MR) is 52.8 cm³/mol. The van der Waals surface area contributed by atoms with E-state index in [-0.39, 0.29) is 0 Å². The molecule has 0 aromatic carbocycles. The molecule has 3 heteroatoms. The molecule has 1 fully saturated rings. The summed E-state index contributed by atoms with van der Waals surface area (Å²) < 4.78 is 0. The van der Waals surface area contributed by atoms with Crippen molar-refractivity contribution in [2.24, 2.45) is 5.92 Å². The molecule has 0 N–H and O–H groups in total. The van der Waals surface area contributed by atoms with Crippen molar-refractivity contribution < 1.29 is 4.79 Å². The van der Waals surface area contributed by atoms with Crippen molar-refractivity contribution in [2.75, 3.05) is 0 Å². The maximum absolute atomic E-state index is 11.5. The zero-order valence-corrected chi connectivity index (χ0v) is 8.36. The summed E-state index contributed by atoms with van der Waals surface area (Å²) in [5.74, 6) is 0.667. The first kappa shape index (κ1) is 9.31. The normalized spacial score (nSPS) is 15.5. The van der Waals surface area contributed by atoms with Gasteiger partial charge in [0.1, 0.15) is 12.1 Å². The van der Waals surface area contributed by atoms with Gasteiger partial charge in [0.25, 0.3) is 0 Å². The standard InChI is InChI=1S/C11H14N2O/c1-2-9-5-10(13-7-12-9)6-11(14)8-3-4-8/h5,7-8H,2-4,6H2,1H3. The summed E-state index contributed by atoms with van der Waals surface area (Å²) in [7, 11) is 0. The molecule has 1 aliphatic carbocycles. The van der Waals surface area contributed by atoms with E-state index in [1.165, 1.54) is 0 Å². The fourth-order valence-electron chi connectivity index (χ4n) is 1.46. The van der Waals surface area contributed by atoms with E-state index in [0.29, 0.717) is 18.1 Å². The molecule has 0 bridgehead atoms. The lowest BCUT2D eigenvalue weighted by Crippen LogP contribution is -2.07. The molecule has 1 aliphatic rings. The first-order valence-corrected chi connectivity index (χ1v) is 5.12. The van der Waals surface area contributed by atoms with E-state index in [4.69, 9.17) is 0 Å². The molecular formula is C11H14N2O. The SMILES string of the molecule is CCc1cc(CC(=O)C2CC2)ncn1. The summed E-state index contributed by atoms with van der Waals surface area (Å²) in [4.78, 5) is 19.7. The van der Waals surface area contributed by atoms with Crippen LogP contribution in [0.5, 0.6) is 0 Å². The van der Waals surface area contributed by atoms with Crippen LogP contribution in [-0.2, 0) is 17.6 Å². The van der Waals surface area contributed by atoms with Gasteiger partial charge in [0.15, 0.2) is 0 Å². The fourth-order valence-corrected chi connectivity index (χ4v) is 1.46. The van der Waals surface area contributed by atoms with Gasteiger partial charge in [-0.3, -0.25) is 4.79 Å². The third-order valence-electron chi connectivity index (χ3n) is 2.53. The molecule has 2 rings (SSSR count). The number of nitrogens with zero attached hydrogens (tertiary/aromatic N) is 2. The number of Topliss-reactive ketones (excluding diaryl/α,β-unsaturated/α-hetero) is 1. The number of aromatic nitrogens is 2. The van der Waals surface area contributed by atoms with E-state index in [9.17, 15) is 4.79 Å². The van der Waals surface area contributed by atoms with Gasteiger partial charge in [-0.1, -0.05) is 6.92 Å². The molecule has 74 valence electrons. The van der Waals surface area contributed by atoms with Crippen molar-refractivity contribution in [1.82, 2.24) is 9.97 Å². The van der Waals surface area contributed by atoms with Crippen molar-refractivity contribution in [2.45, 2.75) is 32.6 Å². The number of aryl methyl sites for hydroxylation is 1. The molecular weight excluding hydrogens is 176 g/mol. The van der Waals surface area contributed by atoms with Gasteiger partial charge in [0.05, 0.1) is 5.69 Å². The van der Waals surface area contributed by atoms with Crippen molar-refractivity contribution in [1.29, 1.82) is 0 Å². The lowest BCUT2D eigenvalue weighted by molar-refractivity contribution is -0.119. The van der Waals surface area contributed by atoms with Gasteiger partial charge in [0, 0.05) is 18.0 Å². The zero-order chi connectivity index (χ0) is 9.97. The van der Waals surface area contributed by atoms with Crippen molar-refractivity contribution in [3.8, 4) is 0 Å². The Morgan fingerprint density at radius 1 is 1.43 bits per heavy atom. The summed E-state index contributed by atoms with van der Waals surface area (Å²) in [6.45, 7) is 2.05. The molecule has 0 spiro atoms. The Bertz CT molecular complexity index is 345. The molecule has 14 heavy (non-hydrogen) atoms. The Labute approximate surface area is 83.6 Å².